The molecule has 0 saturated heterocycles. The van der Waals surface area contributed by atoms with E-state index in [1.54, 1.807) is 0 Å². The molecule has 1 heterocycles. The van der Waals surface area contributed by atoms with Gasteiger partial charge >= 0.3 is 5.97 Å². The molecule has 38 heavy (non-hydrogen) atoms. The van der Waals surface area contributed by atoms with E-state index in [1.807, 2.05) is 50.1 Å². The number of ketones is 1. The molecule has 0 saturated carbocycles. The van der Waals surface area contributed by atoms with Crippen LogP contribution in [-0.4, -0.2) is 33.8 Å². The van der Waals surface area contributed by atoms with Crippen molar-refractivity contribution in [3.05, 3.63) is 99.4 Å². The Labute approximate surface area is 229 Å². The molecule has 0 aromatic heterocycles. The van der Waals surface area contributed by atoms with Crippen LogP contribution in [0, 0.1) is 5.82 Å². The second kappa shape index (κ2) is 10.4. The maximum atomic E-state index is 13.2. The molecule has 198 valence electrons. The van der Waals surface area contributed by atoms with Crippen LogP contribution >= 0.6 is 23.2 Å². The number of esters is 1. The van der Waals surface area contributed by atoms with Gasteiger partial charge in [0.05, 0.1) is 15.6 Å². The molecule has 0 spiro atoms. The predicted molar refractivity (Wildman–Crippen MR) is 145 cm³/mol. The zero-order chi connectivity index (χ0) is 27.8. The third-order valence-electron chi connectivity index (χ3n) is 6.21. The van der Waals surface area contributed by atoms with Gasteiger partial charge < -0.3 is 9.64 Å². The average molecular weight is 577 g/mol. The SMILES string of the molecule is CN1C(=CC(=O)COC(=O)c2cc(S(=O)(=O)Nc3ccc(F)cc3)c(Cl)cc2Cl)C(C)(C)c2ccccc21. The summed E-state index contributed by atoms with van der Waals surface area (Å²) < 4.78 is 46.4. The number of ether oxygens (including phenoxy) is 1. The van der Waals surface area contributed by atoms with Gasteiger partial charge in [0.15, 0.2) is 12.4 Å². The zero-order valence-corrected chi connectivity index (χ0v) is 22.9. The normalized spacial score (nSPS) is 15.3. The Balaban J connectivity index is 1.51. The maximum absolute atomic E-state index is 13.2. The van der Waals surface area contributed by atoms with Crippen LogP contribution in [0.2, 0.25) is 10.0 Å². The minimum atomic E-state index is -4.27. The highest BCUT2D eigenvalue weighted by Gasteiger charge is 2.38. The molecule has 0 radical (unpaired) electrons. The van der Waals surface area contributed by atoms with Gasteiger partial charge in [0.2, 0.25) is 0 Å². The second-order valence-corrected chi connectivity index (χ2v) is 11.6. The van der Waals surface area contributed by atoms with Gasteiger partial charge in [0, 0.05) is 35.6 Å². The molecule has 4 rings (SSSR count). The number of carbonyl (C=O) groups excluding carboxylic acids is 2. The largest absolute Gasteiger partial charge is 0.454 e. The number of sulfonamides is 1. The Bertz CT molecular complexity index is 1570. The smallest absolute Gasteiger partial charge is 0.340 e. The van der Waals surface area contributed by atoms with E-state index in [2.05, 4.69) is 4.72 Å². The summed E-state index contributed by atoms with van der Waals surface area (Å²) >= 11 is 12.2. The Hall–Kier alpha value is -3.40. The molecule has 0 aliphatic carbocycles. The fourth-order valence-corrected chi connectivity index (χ4v) is 6.20. The number of likely N-dealkylation sites (N-methyl/N-ethyl adjacent to an activating group) is 1. The number of fused-ring (bicyclic) bond motifs is 1. The summed E-state index contributed by atoms with van der Waals surface area (Å²) in [5, 5.41) is -0.397. The van der Waals surface area contributed by atoms with Gasteiger partial charge in [-0.25, -0.2) is 17.6 Å². The summed E-state index contributed by atoms with van der Waals surface area (Å²) in [4.78, 5) is 27.0. The number of nitrogens with one attached hydrogen (secondary N) is 1. The van der Waals surface area contributed by atoms with Crippen molar-refractivity contribution in [2.45, 2.75) is 24.2 Å². The van der Waals surface area contributed by atoms with Gasteiger partial charge in [-0.3, -0.25) is 9.52 Å². The molecule has 0 fully saturated rings. The van der Waals surface area contributed by atoms with E-state index in [1.165, 1.54) is 18.2 Å². The van der Waals surface area contributed by atoms with Crippen LogP contribution in [0.3, 0.4) is 0 Å². The Kier molecular flexibility index (Phi) is 7.56. The fourth-order valence-electron chi connectivity index (χ4n) is 4.29. The number of allylic oxidation sites excluding steroid dienone is 1. The molecule has 3 aromatic carbocycles. The van der Waals surface area contributed by atoms with Crippen LogP contribution in [0.25, 0.3) is 0 Å². The lowest BCUT2D eigenvalue weighted by atomic mass is 9.83. The fraction of sp³-hybridized carbons (Fsp3) is 0.185. The van der Waals surface area contributed by atoms with Crippen molar-refractivity contribution in [2.75, 3.05) is 23.3 Å². The first kappa shape index (κ1) is 27.6. The van der Waals surface area contributed by atoms with Crippen molar-refractivity contribution in [1.82, 2.24) is 0 Å². The van der Waals surface area contributed by atoms with Crippen LogP contribution in [0.15, 0.2) is 77.3 Å². The van der Waals surface area contributed by atoms with E-state index in [0.29, 0.717) is 0 Å². The van der Waals surface area contributed by atoms with E-state index in [0.717, 1.165) is 41.2 Å². The molecule has 7 nitrogen and oxygen atoms in total. The highest BCUT2D eigenvalue weighted by Crippen LogP contribution is 2.46. The van der Waals surface area contributed by atoms with Crippen molar-refractivity contribution in [2.24, 2.45) is 0 Å². The van der Waals surface area contributed by atoms with Gasteiger partial charge in [-0.1, -0.05) is 55.2 Å². The number of nitrogens with zero attached hydrogens (tertiary/aromatic N) is 1. The number of carbonyl (C=O) groups is 2. The van der Waals surface area contributed by atoms with Crippen molar-refractivity contribution >= 4 is 56.4 Å². The summed E-state index contributed by atoms with van der Waals surface area (Å²) in [6, 6.07) is 14.5. The van der Waals surface area contributed by atoms with Gasteiger partial charge in [-0.15, -0.1) is 0 Å². The molecule has 1 N–H and O–H groups in total. The Morgan fingerprint density at radius 2 is 1.71 bits per heavy atom. The van der Waals surface area contributed by atoms with E-state index < -0.39 is 44.5 Å². The number of para-hydroxylation sites is 1. The topological polar surface area (TPSA) is 92.8 Å². The third-order valence-corrected chi connectivity index (χ3v) is 8.37. The maximum Gasteiger partial charge on any atom is 0.340 e. The number of halogens is 3. The van der Waals surface area contributed by atoms with Crippen LogP contribution in [0.1, 0.15) is 29.8 Å². The highest BCUT2D eigenvalue weighted by atomic mass is 35.5. The molecular formula is C27H23Cl2FN2O5S. The van der Waals surface area contributed by atoms with Crippen molar-refractivity contribution < 1.29 is 27.1 Å². The minimum Gasteiger partial charge on any atom is -0.454 e. The van der Waals surface area contributed by atoms with E-state index in [9.17, 15) is 22.4 Å². The standard InChI is InChI=1S/C27H23Cl2FN2O5S/c1-27(2)20-6-4-5-7-23(20)32(3)25(27)12-18(33)15-37-26(34)19-13-24(22(29)14-21(19)28)38(35,36)31-17-10-8-16(30)9-11-17/h4-14,31H,15H2,1-3H3. The van der Waals surface area contributed by atoms with Crippen molar-refractivity contribution in [3.8, 4) is 0 Å². The summed E-state index contributed by atoms with van der Waals surface area (Å²) in [6.07, 6.45) is 1.43. The molecule has 1 aliphatic rings. The summed E-state index contributed by atoms with van der Waals surface area (Å²) in [6.45, 7) is 3.41. The molecule has 0 bridgehead atoms. The Morgan fingerprint density at radius 3 is 2.37 bits per heavy atom. The number of hydrogen-bond acceptors (Lipinski definition) is 6. The van der Waals surface area contributed by atoms with E-state index in [-0.39, 0.29) is 21.3 Å². The third kappa shape index (κ3) is 5.41. The van der Waals surface area contributed by atoms with Gasteiger partial charge in [-0.2, -0.15) is 0 Å². The number of anilines is 2. The van der Waals surface area contributed by atoms with E-state index >= 15 is 0 Å². The summed E-state index contributed by atoms with van der Waals surface area (Å²) in [5.41, 5.74) is 2.14. The molecule has 0 amide bonds. The molecule has 3 aromatic rings. The lowest BCUT2D eigenvalue weighted by Gasteiger charge is -2.23. The van der Waals surface area contributed by atoms with Crippen molar-refractivity contribution in [3.63, 3.8) is 0 Å². The summed E-state index contributed by atoms with van der Waals surface area (Å²) in [5.74, 6) is -2.00. The second-order valence-electron chi connectivity index (χ2n) is 9.15. The molecule has 1 aliphatic heterocycles. The predicted octanol–water partition coefficient (Wildman–Crippen LogP) is 5.97. The minimum absolute atomic E-state index is 0.0853. The summed E-state index contributed by atoms with van der Waals surface area (Å²) in [7, 11) is -2.42. The Morgan fingerprint density at radius 1 is 1.05 bits per heavy atom. The number of rotatable bonds is 7. The van der Waals surface area contributed by atoms with Gasteiger partial charge in [0.25, 0.3) is 10.0 Å². The molecule has 11 heteroatoms. The first-order valence-electron chi connectivity index (χ1n) is 11.3. The molecule has 0 atom stereocenters. The molecule has 0 unspecified atom stereocenters. The zero-order valence-electron chi connectivity index (χ0n) is 20.6. The average Bonchev–Trinajstić information content (AvgIpc) is 3.04. The highest BCUT2D eigenvalue weighted by molar-refractivity contribution is 7.92. The monoisotopic (exact) mass is 576 g/mol. The van der Waals surface area contributed by atoms with Crippen LogP contribution < -0.4 is 9.62 Å². The van der Waals surface area contributed by atoms with Crippen LogP contribution in [0.5, 0.6) is 0 Å². The van der Waals surface area contributed by atoms with Crippen molar-refractivity contribution in [1.29, 1.82) is 0 Å². The first-order chi connectivity index (χ1) is 17.8. The number of benzene rings is 3. The molecular weight excluding hydrogens is 554 g/mol. The van der Waals surface area contributed by atoms with Crippen LogP contribution in [-0.2, 0) is 25.0 Å². The first-order valence-corrected chi connectivity index (χ1v) is 13.6. The number of hydrogen-bond donors (Lipinski definition) is 1. The lowest BCUT2D eigenvalue weighted by Crippen LogP contribution is -2.25. The van der Waals surface area contributed by atoms with E-state index in [4.69, 9.17) is 27.9 Å². The quantitative estimate of drug-likeness (QED) is 0.275. The lowest BCUT2D eigenvalue weighted by molar-refractivity contribution is -0.117. The van der Waals surface area contributed by atoms with Gasteiger partial charge in [0.1, 0.15) is 10.7 Å². The van der Waals surface area contributed by atoms with Gasteiger partial charge in [-0.05, 0) is 48.0 Å². The van der Waals surface area contributed by atoms with Crippen LogP contribution in [0.4, 0.5) is 15.8 Å².